The number of hydrogen-bond donors (Lipinski definition) is 1. The van der Waals surface area contributed by atoms with Crippen LogP contribution in [0.2, 0.25) is 0 Å². The van der Waals surface area contributed by atoms with Gasteiger partial charge < -0.3 is 4.90 Å². The smallest absolute Gasteiger partial charge is 0.151 e. The summed E-state index contributed by atoms with van der Waals surface area (Å²) in [4.78, 5) is 2.15. The molecule has 0 amide bonds. The Kier molecular flexibility index (Phi) is 6.06. The molecule has 0 aromatic rings. The van der Waals surface area contributed by atoms with Crippen molar-refractivity contribution < 1.29 is 8.42 Å². The van der Waals surface area contributed by atoms with E-state index in [0.717, 1.165) is 19.5 Å². The van der Waals surface area contributed by atoms with Crippen molar-refractivity contribution in [2.24, 2.45) is 0 Å². The van der Waals surface area contributed by atoms with Crippen LogP contribution in [0, 0.1) is 11.3 Å². The molecule has 1 atom stereocenters. The van der Waals surface area contributed by atoms with Gasteiger partial charge in [-0.3, -0.25) is 5.32 Å². The summed E-state index contributed by atoms with van der Waals surface area (Å²) in [5, 5.41) is 12.2. The van der Waals surface area contributed by atoms with Gasteiger partial charge in [-0.25, -0.2) is 8.42 Å². The Hall–Kier alpha value is -0.640. The van der Waals surface area contributed by atoms with E-state index >= 15 is 0 Å². The van der Waals surface area contributed by atoms with Gasteiger partial charge in [0.15, 0.2) is 9.84 Å². The van der Waals surface area contributed by atoms with Crippen molar-refractivity contribution in [3.05, 3.63) is 0 Å². The molecule has 104 valence electrons. The summed E-state index contributed by atoms with van der Waals surface area (Å²) in [5.41, 5.74) is 0. The molecule has 0 aromatic heterocycles. The second kappa shape index (κ2) is 7.07. The van der Waals surface area contributed by atoms with Crippen molar-refractivity contribution in [1.29, 1.82) is 5.26 Å². The van der Waals surface area contributed by atoms with E-state index in [0.29, 0.717) is 24.8 Å². The molecule has 6 heteroatoms. The van der Waals surface area contributed by atoms with Gasteiger partial charge in [0.1, 0.15) is 0 Å². The predicted molar refractivity (Wildman–Crippen MR) is 72.0 cm³/mol. The van der Waals surface area contributed by atoms with Gasteiger partial charge >= 0.3 is 0 Å². The lowest BCUT2D eigenvalue weighted by Crippen LogP contribution is -2.37. The number of rotatable bonds is 5. The zero-order chi connectivity index (χ0) is 13.6. The standard InChI is InChI=1S/C12H23N3O2S/c1-11(2)14-12(10-13)4-6-15-5-3-8-18(16,17)9-7-15/h11-12,14H,3-9H2,1-2H3. The molecular formula is C12H23N3O2S. The summed E-state index contributed by atoms with van der Waals surface area (Å²) in [6.45, 7) is 6.24. The molecule has 5 nitrogen and oxygen atoms in total. The second-order valence-corrected chi connectivity index (χ2v) is 7.44. The Morgan fingerprint density at radius 1 is 1.33 bits per heavy atom. The first-order chi connectivity index (χ1) is 8.43. The molecule has 0 aliphatic carbocycles. The van der Waals surface area contributed by atoms with E-state index in [1.807, 2.05) is 13.8 Å². The SMILES string of the molecule is CC(C)NC(C#N)CCN1CCCS(=O)(=O)CC1. The van der Waals surface area contributed by atoms with Crippen molar-refractivity contribution in [3.8, 4) is 6.07 Å². The number of nitrogens with one attached hydrogen (secondary N) is 1. The quantitative estimate of drug-likeness (QED) is 0.784. The summed E-state index contributed by atoms with van der Waals surface area (Å²) in [7, 11) is -2.84. The molecular weight excluding hydrogens is 250 g/mol. The number of sulfone groups is 1. The fourth-order valence-corrected chi connectivity index (χ4v) is 3.42. The molecule has 0 saturated carbocycles. The van der Waals surface area contributed by atoms with Gasteiger partial charge in [-0.15, -0.1) is 0 Å². The van der Waals surface area contributed by atoms with Crippen LogP contribution in [0.5, 0.6) is 0 Å². The van der Waals surface area contributed by atoms with Gasteiger partial charge in [-0.05, 0) is 33.2 Å². The third-order valence-corrected chi connectivity index (χ3v) is 4.79. The van der Waals surface area contributed by atoms with Crippen LogP contribution in [0.3, 0.4) is 0 Å². The maximum atomic E-state index is 11.5. The monoisotopic (exact) mass is 273 g/mol. The van der Waals surface area contributed by atoms with E-state index in [1.54, 1.807) is 0 Å². The highest BCUT2D eigenvalue weighted by Crippen LogP contribution is 2.06. The van der Waals surface area contributed by atoms with Gasteiger partial charge in [-0.1, -0.05) is 0 Å². The molecule has 0 bridgehead atoms. The lowest BCUT2D eigenvalue weighted by Gasteiger charge is -2.21. The first kappa shape index (κ1) is 15.4. The summed E-state index contributed by atoms with van der Waals surface area (Å²) in [6, 6.07) is 2.39. The van der Waals surface area contributed by atoms with Crippen molar-refractivity contribution in [2.75, 3.05) is 31.1 Å². The third-order valence-electron chi connectivity index (χ3n) is 3.07. The summed E-state index contributed by atoms with van der Waals surface area (Å²) in [5.74, 6) is 0.553. The average Bonchev–Trinajstić information content (AvgIpc) is 2.45. The van der Waals surface area contributed by atoms with Crippen LogP contribution >= 0.6 is 0 Å². The first-order valence-electron chi connectivity index (χ1n) is 6.51. The molecule has 0 radical (unpaired) electrons. The zero-order valence-electron chi connectivity index (χ0n) is 11.2. The van der Waals surface area contributed by atoms with E-state index in [4.69, 9.17) is 5.26 Å². The average molecular weight is 273 g/mol. The van der Waals surface area contributed by atoms with E-state index in [2.05, 4.69) is 16.3 Å². The Bertz CT molecular complexity index is 387. The lowest BCUT2D eigenvalue weighted by atomic mass is 10.2. The third kappa shape index (κ3) is 5.80. The molecule has 1 rings (SSSR count). The zero-order valence-corrected chi connectivity index (χ0v) is 12.0. The Morgan fingerprint density at radius 3 is 2.67 bits per heavy atom. The van der Waals surface area contributed by atoms with Crippen LogP contribution < -0.4 is 5.32 Å². The van der Waals surface area contributed by atoms with E-state index < -0.39 is 9.84 Å². The number of nitrogens with zero attached hydrogens (tertiary/aromatic N) is 2. The second-order valence-electron chi connectivity index (χ2n) is 5.14. The minimum atomic E-state index is -2.84. The maximum absolute atomic E-state index is 11.5. The van der Waals surface area contributed by atoms with Gasteiger partial charge in [-0.2, -0.15) is 5.26 Å². The number of nitriles is 1. The van der Waals surface area contributed by atoms with Gasteiger partial charge in [0.25, 0.3) is 0 Å². The van der Waals surface area contributed by atoms with Gasteiger partial charge in [0.05, 0.1) is 23.6 Å². The normalized spacial score (nSPS) is 22.3. The fraction of sp³-hybridized carbons (Fsp3) is 0.917. The van der Waals surface area contributed by atoms with Crippen LogP contribution in [0.4, 0.5) is 0 Å². The molecule has 1 unspecified atom stereocenters. The molecule has 1 heterocycles. The van der Waals surface area contributed by atoms with Gasteiger partial charge in [0, 0.05) is 19.1 Å². The maximum Gasteiger partial charge on any atom is 0.151 e. The van der Waals surface area contributed by atoms with Crippen LogP contribution in [-0.4, -0.2) is 56.5 Å². The minimum Gasteiger partial charge on any atom is -0.302 e. The van der Waals surface area contributed by atoms with Crippen molar-refractivity contribution in [1.82, 2.24) is 10.2 Å². The topological polar surface area (TPSA) is 73.2 Å². The highest BCUT2D eigenvalue weighted by Gasteiger charge is 2.19. The van der Waals surface area contributed by atoms with E-state index in [1.165, 1.54) is 0 Å². The Balaban J connectivity index is 2.37. The molecule has 1 N–H and O–H groups in total. The van der Waals surface area contributed by atoms with Crippen LogP contribution in [0.25, 0.3) is 0 Å². The highest BCUT2D eigenvalue weighted by atomic mass is 32.2. The van der Waals surface area contributed by atoms with Crippen molar-refractivity contribution in [3.63, 3.8) is 0 Å². The van der Waals surface area contributed by atoms with E-state index in [9.17, 15) is 8.42 Å². The highest BCUT2D eigenvalue weighted by molar-refractivity contribution is 7.91. The molecule has 1 aliphatic heterocycles. The molecule has 0 aromatic carbocycles. The molecule has 0 spiro atoms. The van der Waals surface area contributed by atoms with Crippen molar-refractivity contribution >= 4 is 9.84 Å². The first-order valence-corrected chi connectivity index (χ1v) is 8.33. The Labute approximate surface area is 110 Å². The lowest BCUT2D eigenvalue weighted by molar-refractivity contribution is 0.280. The summed E-state index contributed by atoms with van der Waals surface area (Å²) in [6.07, 6.45) is 1.45. The largest absolute Gasteiger partial charge is 0.302 e. The van der Waals surface area contributed by atoms with Crippen molar-refractivity contribution in [2.45, 2.75) is 38.8 Å². The molecule has 18 heavy (non-hydrogen) atoms. The molecule has 1 saturated heterocycles. The van der Waals surface area contributed by atoms with Crippen LogP contribution in [0.15, 0.2) is 0 Å². The summed E-state index contributed by atoms with van der Waals surface area (Å²) >= 11 is 0. The number of hydrogen-bond acceptors (Lipinski definition) is 5. The minimum absolute atomic E-state index is 0.148. The molecule has 1 aliphatic rings. The Morgan fingerprint density at radius 2 is 2.06 bits per heavy atom. The van der Waals surface area contributed by atoms with Crippen LogP contribution in [0.1, 0.15) is 26.7 Å². The fourth-order valence-electron chi connectivity index (χ4n) is 2.11. The van der Waals surface area contributed by atoms with Crippen LogP contribution in [-0.2, 0) is 9.84 Å². The predicted octanol–water partition coefficient (Wildman–Crippen LogP) is 0.387. The van der Waals surface area contributed by atoms with Gasteiger partial charge in [0.2, 0.25) is 0 Å². The summed E-state index contributed by atoms with van der Waals surface area (Å²) < 4.78 is 22.9. The van der Waals surface area contributed by atoms with E-state index in [-0.39, 0.29) is 11.8 Å². The molecule has 1 fully saturated rings.